The van der Waals surface area contributed by atoms with Gasteiger partial charge in [-0.25, -0.2) is 4.98 Å². The molecule has 8 heteroatoms. The quantitative estimate of drug-likeness (QED) is 0.624. The minimum atomic E-state index is -0.0718. The summed E-state index contributed by atoms with van der Waals surface area (Å²) in [6.45, 7) is 2.40. The highest BCUT2D eigenvalue weighted by molar-refractivity contribution is 8.00. The third-order valence-electron chi connectivity index (χ3n) is 2.55. The van der Waals surface area contributed by atoms with Crippen LogP contribution in [0.5, 0.6) is 0 Å². The van der Waals surface area contributed by atoms with Gasteiger partial charge >= 0.3 is 0 Å². The van der Waals surface area contributed by atoms with E-state index in [1.165, 1.54) is 0 Å². The minimum absolute atomic E-state index is 0.0718. The van der Waals surface area contributed by atoms with Gasteiger partial charge in [-0.1, -0.05) is 16.9 Å². The molecule has 2 heterocycles. The highest BCUT2D eigenvalue weighted by Gasteiger charge is 2.14. The molecule has 0 fully saturated rings. The predicted octanol–water partition coefficient (Wildman–Crippen LogP) is 2.93. The van der Waals surface area contributed by atoms with Gasteiger partial charge < -0.3 is 9.84 Å². The lowest BCUT2D eigenvalue weighted by atomic mass is 10.2. The number of carbonyl (C=O) groups excluding carboxylic acids is 1. The minimum Gasteiger partial charge on any atom is -0.356 e. The molecule has 2 aromatic rings. The number of rotatable bonds is 7. The van der Waals surface area contributed by atoms with Gasteiger partial charge in [0.05, 0.1) is 12.1 Å². The van der Waals surface area contributed by atoms with Gasteiger partial charge in [0, 0.05) is 29.4 Å². The molecule has 20 heavy (non-hydrogen) atoms. The second kappa shape index (κ2) is 7.66. The van der Waals surface area contributed by atoms with E-state index in [1.807, 2.05) is 5.38 Å². The van der Waals surface area contributed by atoms with Crippen LogP contribution in [0.2, 0.25) is 5.22 Å². The number of halogens is 1. The second-order valence-corrected chi connectivity index (χ2v) is 6.63. The molecule has 1 amide bonds. The summed E-state index contributed by atoms with van der Waals surface area (Å²) in [7, 11) is 0. The van der Waals surface area contributed by atoms with Crippen molar-refractivity contribution in [3.63, 3.8) is 0 Å². The maximum Gasteiger partial charge on any atom is 0.229 e. The molecule has 1 N–H and O–H groups in total. The van der Waals surface area contributed by atoms with Crippen LogP contribution in [0.3, 0.4) is 0 Å². The zero-order valence-electron chi connectivity index (χ0n) is 10.9. The summed E-state index contributed by atoms with van der Waals surface area (Å²) in [5.74, 6) is 0.860. The van der Waals surface area contributed by atoms with E-state index in [-0.39, 0.29) is 17.5 Å². The Labute approximate surface area is 130 Å². The Morgan fingerprint density at radius 2 is 2.45 bits per heavy atom. The lowest BCUT2D eigenvalue weighted by Crippen LogP contribution is -2.26. The van der Waals surface area contributed by atoms with E-state index in [9.17, 15) is 4.79 Å². The number of thioether (sulfide) groups is 1. The first-order valence-electron chi connectivity index (χ1n) is 6.06. The van der Waals surface area contributed by atoms with E-state index in [2.05, 4.69) is 15.5 Å². The fourth-order valence-electron chi connectivity index (χ4n) is 1.52. The summed E-state index contributed by atoms with van der Waals surface area (Å²) in [4.78, 5) is 15.9. The first-order chi connectivity index (χ1) is 9.66. The first kappa shape index (κ1) is 15.3. The molecule has 0 aliphatic heterocycles. The van der Waals surface area contributed by atoms with Gasteiger partial charge in [0.2, 0.25) is 11.1 Å². The van der Waals surface area contributed by atoms with Crippen LogP contribution in [0.1, 0.15) is 17.7 Å². The molecule has 0 aliphatic rings. The number of thiazole rings is 1. The lowest BCUT2D eigenvalue weighted by molar-refractivity contribution is -0.120. The van der Waals surface area contributed by atoms with E-state index in [4.69, 9.17) is 16.1 Å². The Balaban J connectivity index is 1.63. The van der Waals surface area contributed by atoms with Crippen LogP contribution in [0.25, 0.3) is 0 Å². The number of hydrogen-bond donors (Lipinski definition) is 1. The van der Waals surface area contributed by atoms with Crippen molar-refractivity contribution in [2.75, 3.05) is 12.3 Å². The van der Waals surface area contributed by atoms with Crippen molar-refractivity contribution < 1.29 is 9.32 Å². The lowest BCUT2D eigenvalue weighted by Gasteiger charge is -2.04. The molecule has 0 bridgehead atoms. The van der Waals surface area contributed by atoms with Crippen molar-refractivity contribution in [3.8, 4) is 0 Å². The Morgan fingerprint density at radius 1 is 1.60 bits per heavy atom. The SMILES string of the molecule is Cc1noc(Cl)c1CC(=O)NCCCSc1nccs1. The first-order valence-corrected chi connectivity index (χ1v) is 8.31. The number of aryl methyl sites for hydroxylation is 1. The number of nitrogens with zero attached hydrogens (tertiary/aromatic N) is 2. The normalized spacial score (nSPS) is 10.7. The average molecular weight is 332 g/mol. The highest BCUT2D eigenvalue weighted by atomic mass is 35.5. The molecule has 5 nitrogen and oxygen atoms in total. The monoisotopic (exact) mass is 331 g/mol. The van der Waals surface area contributed by atoms with Crippen LogP contribution in [0.4, 0.5) is 0 Å². The number of amides is 1. The van der Waals surface area contributed by atoms with Gasteiger partial charge in [-0.05, 0) is 24.9 Å². The molecular weight excluding hydrogens is 318 g/mol. The summed E-state index contributed by atoms with van der Waals surface area (Å²) in [6, 6.07) is 0. The average Bonchev–Trinajstić information content (AvgIpc) is 3.04. The molecule has 0 spiro atoms. The van der Waals surface area contributed by atoms with Crippen molar-refractivity contribution in [1.29, 1.82) is 0 Å². The van der Waals surface area contributed by atoms with E-state index >= 15 is 0 Å². The van der Waals surface area contributed by atoms with Crippen LogP contribution < -0.4 is 5.32 Å². The van der Waals surface area contributed by atoms with Crippen molar-refractivity contribution >= 4 is 40.6 Å². The standard InChI is InChI=1S/C12H14ClN3O2S2/c1-8-9(11(13)18-16-8)7-10(17)14-3-2-5-19-12-15-4-6-20-12/h4,6H,2-3,5,7H2,1H3,(H,14,17). The third kappa shape index (κ3) is 4.50. The Hall–Kier alpha value is -1.05. The molecule has 2 aromatic heterocycles. The van der Waals surface area contributed by atoms with Crippen molar-refractivity contribution in [1.82, 2.24) is 15.5 Å². The summed E-state index contributed by atoms with van der Waals surface area (Å²) in [5.41, 5.74) is 1.31. The molecule has 0 radical (unpaired) electrons. The van der Waals surface area contributed by atoms with Crippen LogP contribution >= 0.6 is 34.7 Å². The van der Waals surface area contributed by atoms with Gasteiger partial charge in [-0.2, -0.15) is 0 Å². The van der Waals surface area contributed by atoms with E-state index < -0.39 is 0 Å². The Morgan fingerprint density at radius 3 is 3.10 bits per heavy atom. The zero-order chi connectivity index (χ0) is 14.4. The maximum absolute atomic E-state index is 11.8. The van der Waals surface area contributed by atoms with Crippen molar-refractivity contribution in [3.05, 3.63) is 28.1 Å². The summed E-state index contributed by atoms with van der Waals surface area (Å²) in [5, 5.41) is 8.71. The van der Waals surface area contributed by atoms with Crippen molar-refractivity contribution in [2.45, 2.75) is 24.1 Å². The highest BCUT2D eigenvalue weighted by Crippen LogP contribution is 2.21. The van der Waals surface area contributed by atoms with Gasteiger partial charge in [0.1, 0.15) is 4.34 Å². The Kier molecular flexibility index (Phi) is 5.87. The number of aromatic nitrogens is 2. The smallest absolute Gasteiger partial charge is 0.229 e. The predicted molar refractivity (Wildman–Crippen MR) is 80.4 cm³/mol. The van der Waals surface area contributed by atoms with Crippen LogP contribution in [-0.4, -0.2) is 28.3 Å². The molecular formula is C12H14ClN3O2S2. The summed E-state index contributed by atoms with van der Waals surface area (Å²) < 4.78 is 5.87. The fraction of sp³-hybridized carbons (Fsp3) is 0.417. The fourth-order valence-corrected chi connectivity index (χ4v) is 3.41. The second-order valence-electron chi connectivity index (χ2n) is 4.05. The zero-order valence-corrected chi connectivity index (χ0v) is 13.3. The molecule has 0 atom stereocenters. The van der Waals surface area contributed by atoms with Crippen LogP contribution in [-0.2, 0) is 11.2 Å². The molecule has 0 aromatic carbocycles. The molecule has 0 aliphatic carbocycles. The van der Waals surface area contributed by atoms with Crippen molar-refractivity contribution in [2.24, 2.45) is 0 Å². The molecule has 0 saturated carbocycles. The van der Waals surface area contributed by atoms with Gasteiger partial charge in [-0.15, -0.1) is 11.3 Å². The topological polar surface area (TPSA) is 68.0 Å². The third-order valence-corrected chi connectivity index (χ3v) is 4.90. The van der Waals surface area contributed by atoms with E-state index in [0.29, 0.717) is 17.8 Å². The number of hydrogen-bond acceptors (Lipinski definition) is 6. The largest absolute Gasteiger partial charge is 0.356 e. The summed E-state index contributed by atoms with van der Waals surface area (Å²) >= 11 is 9.14. The van der Waals surface area contributed by atoms with Crippen LogP contribution in [0, 0.1) is 6.92 Å². The number of carbonyl (C=O) groups is 1. The van der Waals surface area contributed by atoms with Crippen LogP contribution in [0.15, 0.2) is 20.4 Å². The molecule has 2 rings (SSSR count). The van der Waals surface area contributed by atoms with Gasteiger partial charge in [-0.3, -0.25) is 4.79 Å². The Bertz CT molecular complexity index is 538. The maximum atomic E-state index is 11.8. The number of nitrogens with one attached hydrogen (secondary N) is 1. The summed E-state index contributed by atoms with van der Waals surface area (Å²) in [6.07, 6.45) is 2.89. The van der Waals surface area contributed by atoms with E-state index in [1.54, 1.807) is 36.2 Å². The van der Waals surface area contributed by atoms with Gasteiger partial charge in [0.25, 0.3) is 0 Å². The molecule has 0 saturated heterocycles. The molecule has 0 unspecified atom stereocenters. The molecule has 108 valence electrons. The van der Waals surface area contributed by atoms with E-state index in [0.717, 1.165) is 16.5 Å². The van der Waals surface area contributed by atoms with Gasteiger partial charge in [0.15, 0.2) is 0 Å².